The van der Waals surface area contributed by atoms with Crippen LogP contribution in [0.25, 0.3) is 0 Å². The van der Waals surface area contributed by atoms with Gasteiger partial charge in [0.25, 0.3) is 0 Å². The number of amides is 2. The summed E-state index contributed by atoms with van der Waals surface area (Å²) in [6.45, 7) is 1.03. The minimum absolute atomic E-state index is 0.00897. The predicted molar refractivity (Wildman–Crippen MR) is 70.1 cm³/mol. The van der Waals surface area contributed by atoms with Crippen molar-refractivity contribution < 1.29 is 9.08 Å². The molecule has 3 heterocycles. The van der Waals surface area contributed by atoms with Crippen LogP contribution < -0.4 is 10.6 Å². The highest BCUT2D eigenvalue weighted by atomic mass is 32.1. The van der Waals surface area contributed by atoms with Crippen LogP contribution in [-0.4, -0.2) is 34.2 Å². The number of urea groups is 1. The summed E-state index contributed by atoms with van der Waals surface area (Å²) in [5.41, 5.74) is 5.40. The van der Waals surface area contributed by atoms with Gasteiger partial charge in [-0.05, 0) is 7.05 Å². The molecule has 9 heteroatoms. The minimum atomic E-state index is -0.201. The van der Waals surface area contributed by atoms with E-state index in [-0.39, 0.29) is 16.9 Å². The molecule has 0 spiro atoms. The van der Waals surface area contributed by atoms with Gasteiger partial charge in [0.1, 0.15) is 6.04 Å². The molecular weight excluding hydrogens is 276 g/mol. The van der Waals surface area contributed by atoms with Crippen LogP contribution >= 0.6 is 24.2 Å². The van der Waals surface area contributed by atoms with E-state index in [4.69, 9.17) is 4.28 Å². The van der Waals surface area contributed by atoms with E-state index >= 15 is 0 Å². The maximum Gasteiger partial charge on any atom is 0.346 e. The van der Waals surface area contributed by atoms with E-state index in [2.05, 4.69) is 18.6 Å². The smallest absolute Gasteiger partial charge is 0.333 e. The van der Waals surface area contributed by atoms with Gasteiger partial charge < -0.3 is 15.2 Å². The second-order valence-electron chi connectivity index (χ2n) is 3.82. The number of fused-ring (bicyclic) bond motifs is 4. The lowest BCUT2D eigenvalue weighted by molar-refractivity contribution is -0.00268. The van der Waals surface area contributed by atoms with Crippen molar-refractivity contribution in [2.24, 2.45) is 12.8 Å². The Morgan fingerprint density at radius 3 is 2.72 bits per heavy atom. The predicted octanol–water partition coefficient (Wildman–Crippen LogP) is 0.0904. The standard InChI is InChI=1S/C8H9N3O3S2.CH5N/c1-9-4-2-10-3-5(6(4)16-8(9)13)11(14-15)7(10)12;1-2/h5,15H,2-3H2,1H3;2H2,1H3/t5-;/m0./s1. The summed E-state index contributed by atoms with van der Waals surface area (Å²) >= 11 is 4.85. The zero-order chi connectivity index (χ0) is 13.4. The molecule has 2 amide bonds. The van der Waals surface area contributed by atoms with E-state index in [0.29, 0.717) is 13.1 Å². The monoisotopic (exact) mass is 290 g/mol. The van der Waals surface area contributed by atoms with Gasteiger partial charge in [-0.15, -0.1) is 0 Å². The number of aromatic nitrogens is 1. The Morgan fingerprint density at radius 1 is 1.44 bits per heavy atom. The molecule has 7 nitrogen and oxygen atoms in total. The number of carbonyl (C=O) groups is 1. The van der Waals surface area contributed by atoms with E-state index < -0.39 is 0 Å². The molecule has 1 aromatic rings. The summed E-state index contributed by atoms with van der Waals surface area (Å²) in [4.78, 5) is 25.9. The van der Waals surface area contributed by atoms with Gasteiger partial charge in [-0.1, -0.05) is 11.3 Å². The van der Waals surface area contributed by atoms with Gasteiger partial charge >= 0.3 is 10.9 Å². The van der Waals surface area contributed by atoms with Crippen molar-refractivity contribution in [3.63, 3.8) is 0 Å². The molecule has 0 aromatic carbocycles. The van der Waals surface area contributed by atoms with Gasteiger partial charge in [0, 0.05) is 20.0 Å². The van der Waals surface area contributed by atoms with E-state index in [0.717, 1.165) is 10.6 Å². The molecule has 1 fully saturated rings. The highest BCUT2D eigenvalue weighted by molar-refractivity contribution is 7.75. The normalized spacial score (nSPS) is 20.7. The molecule has 3 rings (SSSR count). The molecule has 1 saturated heterocycles. The Balaban J connectivity index is 0.000000574. The second-order valence-corrected chi connectivity index (χ2v) is 4.98. The molecule has 0 unspecified atom stereocenters. The van der Waals surface area contributed by atoms with Gasteiger partial charge in [-0.25, -0.2) is 9.08 Å². The SMILES string of the molecule is CN.Cn1c2c(sc1=O)[C@@H]1CN(C2)C(=O)N1OS. The molecule has 2 N–H and O–H groups in total. The van der Waals surface area contributed by atoms with E-state index in [1.165, 1.54) is 23.4 Å². The van der Waals surface area contributed by atoms with Crippen molar-refractivity contribution in [1.29, 1.82) is 0 Å². The lowest BCUT2D eigenvalue weighted by atomic mass is 10.1. The third-order valence-corrected chi connectivity index (χ3v) is 4.38. The minimum Gasteiger partial charge on any atom is -0.333 e. The summed E-state index contributed by atoms with van der Waals surface area (Å²) in [5.74, 6) is 0. The van der Waals surface area contributed by atoms with Gasteiger partial charge in [0.2, 0.25) is 0 Å². The molecule has 0 radical (unpaired) electrons. The maximum absolute atomic E-state index is 11.8. The Bertz CT molecular complexity index is 526. The van der Waals surface area contributed by atoms with Crippen LogP contribution in [0.1, 0.15) is 16.6 Å². The first-order chi connectivity index (χ1) is 8.63. The van der Waals surface area contributed by atoms with Gasteiger partial charge in [0.05, 0.1) is 23.7 Å². The molecule has 2 bridgehead atoms. The average Bonchev–Trinajstić information content (AvgIpc) is 2.82. The fourth-order valence-electron chi connectivity index (χ4n) is 2.17. The van der Waals surface area contributed by atoms with Crippen molar-refractivity contribution in [2.75, 3.05) is 13.6 Å². The zero-order valence-electron chi connectivity index (χ0n) is 9.99. The third kappa shape index (κ3) is 1.74. The first-order valence-corrected chi connectivity index (χ1v) is 6.47. The van der Waals surface area contributed by atoms with Crippen LogP contribution in [0.2, 0.25) is 0 Å². The molecular formula is C9H14N4O3S2. The largest absolute Gasteiger partial charge is 0.346 e. The Morgan fingerprint density at radius 2 is 2.11 bits per heavy atom. The first-order valence-electron chi connectivity index (χ1n) is 5.29. The highest BCUT2D eigenvalue weighted by Gasteiger charge is 2.46. The van der Waals surface area contributed by atoms with Crippen molar-refractivity contribution in [2.45, 2.75) is 12.6 Å². The molecule has 2 aliphatic heterocycles. The van der Waals surface area contributed by atoms with Crippen LogP contribution in [0.5, 0.6) is 0 Å². The fourth-order valence-corrected chi connectivity index (χ4v) is 3.41. The van der Waals surface area contributed by atoms with Crippen LogP contribution in [0, 0.1) is 0 Å². The van der Waals surface area contributed by atoms with Crippen LogP contribution in [0.3, 0.4) is 0 Å². The summed E-state index contributed by atoms with van der Waals surface area (Å²) in [6, 6.07) is -0.400. The topological polar surface area (TPSA) is 80.8 Å². The quantitative estimate of drug-likeness (QED) is 0.567. The number of nitrogens with two attached hydrogens (primary N) is 1. The highest BCUT2D eigenvalue weighted by Crippen LogP contribution is 2.39. The van der Waals surface area contributed by atoms with Crippen LogP contribution in [0.15, 0.2) is 4.79 Å². The number of nitrogens with zero attached hydrogens (tertiary/aromatic N) is 3. The number of rotatable bonds is 1. The Hall–Kier alpha value is -1.03. The van der Waals surface area contributed by atoms with Crippen LogP contribution in [0.4, 0.5) is 4.79 Å². The fraction of sp³-hybridized carbons (Fsp3) is 0.556. The van der Waals surface area contributed by atoms with Gasteiger partial charge in [-0.2, -0.15) is 5.06 Å². The molecule has 1 atom stereocenters. The van der Waals surface area contributed by atoms with Crippen molar-refractivity contribution in [3.05, 3.63) is 20.2 Å². The van der Waals surface area contributed by atoms with E-state index in [1.807, 2.05) is 0 Å². The zero-order valence-corrected chi connectivity index (χ0v) is 11.7. The maximum atomic E-state index is 11.8. The summed E-state index contributed by atoms with van der Waals surface area (Å²) in [5, 5.41) is 1.21. The number of hydrogen-bond acceptors (Lipinski definition) is 6. The summed E-state index contributed by atoms with van der Waals surface area (Å²) in [6.07, 6.45) is 0. The lowest BCUT2D eigenvalue weighted by Crippen LogP contribution is -2.30. The van der Waals surface area contributed by atoms with Crippen molar-refractivity contribution in [3.8, 4) is 0 Å². The molecule has 1 aromatic heterocycles. The van der Waals surface area contributed by atoms with E-state index in [1.54, 1.807) is 16.5 Å². The third-order valence-electron chi connectivity index (χ3n) is 3.03. The molecule has 0 aliphatic carbocycles. The van der Waals surface area contributed by atoms with Crippen molar-refractivity contribution in [1.82, 2.24) is 14.5 Å². The number of carbonyl (C=O) groups excluding carboxylic acids is 1. The number of hydroxylamine groups is 2. The van der Waals surface area contributed by atoms with E-state index in [9.17, 15) is 9.59 Å². The molecule has 100 valence electrons. The first kappa shape index (κ1) is 13.4. The lowest BCUT2D eigenvalue weighted by Gasteiger charge is -2.21. The number of thiol groups is 1. The Labute approximate surface area is 113 Å². The molecule has 0 saturated carbocycles. The van der Waals surface area contributed by atoms with Gasteiger partial charge in [-0.3, -0.25) is 4.79 Å². The average molecular weight is 290 g/mol. The Kier molecular flexibility index (Phi) is 3.66. The summed E-state index contributed by atoms with van der Waals surface area (Å²) in [7, 11) is 3.22. The number of thiazole rings is 1. The van der Waals surface area contributed by atoms with Crippen LogP contribution in [-0.2, 0) is 17.9 Å². The molecule has 2 aliphatic rings. The number of hydrogen-bond donors (Lipinski definition) is 2. The van der Waals surface area contributed by atoms with Gasteiger partial charge in [0.15, 0.2) is 0 Å². The summed E-state index contributed by atoms with van der Waals surface area (Å²) < 4.78 is 6.37. The van der Waals surface area contributed by atoms with Crippen molar-refractivity contribution >= 4 is 30.3 Å². The molecule has 18 heavy (non-hydrogen) atoms. The second kappa shape index (κ2) is 4.92.